The Kier molecular flexibility index (Phi) is 7.23. The van der Waals surface area contributed by atoms with E-state index in [2.05, 4.69) is 6.92 Å². The topological polar surface area (TPSA) is 145 Å². The van der Waals surface area contributed by atoms with Gasteiger partial charge in [0, 0.05) is 22.5 Å². The first-order valence-corrected chi connectivity index (χ1v) is 13.4. The van der Waals surface area contributed by atoms with E-state index < -0.39 is 59.5 Å². The Morgan fingerprint density at radius 3 is 2.68 bits per heavy atom. The van der Waals surface area contributed by atoms with E-state index >= 15 is 0 Å². The zero-order valence-corrected chi connectivity index (χ0v) is 22.2. The highest BCUT2D eigenvalue weighted by atomic mass is 16.7. The molecule has 11 atom stereocenters. The zero-order valence-electron chi connectivity index (χ0n) is 22.2. The molecule has 0 radical (unpaired) electrons. The highest BCUT2D eigenvalue weighted by molar-refractivity contribution is 5.93. The Morgan fingerprint density at radius 1 is 1.26 bits per heavy atom. The molecule has 38 heavy (non-hydrogen) atoms. The lowest BCUT2D eigenvalue weighted by molar-refractivity contribution is -0.305. The maximum Gasteiger partial charge on any atom is 0.334 e. The van der Waals surface area contributed by atoms with Crippen molar-refractivity contribution in [1.82, 2.24) is 0 Å². The molecule has 0 amide bonds. The van der Waals surface area contributed by atoms with Crippen molar-refractivity contribution in [3.63, 3.8) is 0 Å². The molecule has 5 rings (SSSR count). The van der Waals surface area contributed by atoms with E-state index in [4.69, 9.17) is 23.4 Å². The van der Waals surface area contributed by atoms with Gasteiger partial charge >= 0.3 is 11.9 Å². The predicted octanol–water partition coefficient (Wildman–Crippen LogP) is 2.27. The van der Waals surface area contributed by atoms with Gasteiger partial charge in [0.25, 0.3) is 0 Å². The number of esters is 2. The second-order valence-electron chi connectivity index (χ2n) is 11.7. The van der Waals surface area contributed by atoms with Crippen LogP contribution in [0.1, 0.15) is 58.1 Å². The van der Waals surface area contributed by atoms with Gasteiger partial charge in [-0.05, 0) is 43.1 Å². The van der Waals surface area contributed by atoms with Crippen LogP contribution < -0.4 is 0 Å². The normalized spacial score (nSPS) is 43.1. The number of ether oxygens (including phenoxy) is 4. The van der Waals surface area contributed by atoms with Crippen LogP contribution in [0.15, 0.2) is 34.7 Å². The van der Waals surface area contributed by atoms with Gasteiger partial charge in [0.15, 0.2) is 6.29 Å². The summed E-state index contributed by atoms with van der Waals surface area (Å²) in [5.74, 6) is -1.87. The quantitative estimate of drug-likeness (QED) is 0.446. The highest BCUT2D eigenvalue weighted by Crippen LogP contribution is 2.66. The van der Waals surface area contributed by atoms with Gasteiger partial charge in [-0.3, -0.25) is 4.79 Å². The average Bonchev–Trinajstić information content (AvgIpc) is 3.52. The van der Waals surface area contributed by atoms with Crippen molar-refractivity contribution in [2.75, 3.05) is 13.7 Å². The predicted molar refractivity (Wildman–Crippen MR) is 131 cm³/mol. The smallest absolute Gasteiger partial charge is 0.334 e. The summed E-state index contributed by atoms with van der Waals surface area (Å²) in [6.07, 6.45) is 1.54. The third-order valence-electron chi connectivity index (χ3n) is 9.85. The summed E-state index contributed by atoms with van der Waals surface area (Å²) in [6.45, 7) is 5.44. The molecule has 1 saturated carbocycles. The van der Waals surface area contributed by atoms with Crippen LogP contribution in [-0.2, 0) is 28.5 Å². The number of allylic oxidation sites excluding steroid dienone is 1. The van der Waals surface area contributed by atoms with Crippen LogP contribution >= 0.6 is 0 Å². The molecule has 2 aliphatic heterocycles. The third-order valence-corrected chi connectivity index (χ3v) is 9.85. The monoisotopic (exact) mass is 534 g/mol. The second kappa shape index (κ2) is 10.1. The van der Waals surface area contributed by atoms with Gasteiger partial charge in [0.05, 0.1) is 50.5 Å². The van der Waals surface area contributed by atoms with E-state index in [1.54, 1.807) is 19.3 Å². The van der Waals surface area contributed by atoms with E-state index in [9.17, 15) is 24.9 Å². The molecule has 1 aromatic heterocycles. The maximum atomic E-state index is 13.2. The summed E-state index contributed by atoms with van der Waals surface area (Å²) in [7, 11) is 1.36. The summed E-state index contributed by atoms with van der Waals surface area (Å²) in [4.78, 5) is 26.0. The van der Waals surface area contributed by atoms with E-state index in [0.29, 0.717) is 30.4 Å². The SMILES string of the molecule is COC(=O)C1CC2OC(=O)C3=CCCC(C1(C)CC(OC1OC(CO)C(C)C(O)C1O)c1ccoc1)C32C. The number of hydrogen-bond acceptors (Lipinski definition) is 10. The lowest BCUT2D eigenvalue weighted by Gasteiger charge is -2.57. The molecule has 4 aliphatic rings. The van der Waals surface area contributed by atoms with Crippen LogP contribution in [0, 0.1) is 28.6 Å². The second-order valence-corrected chi connectivity index (χ2v) is 11.7. The molecule has 10 nitrogen and oxygen atoms in total. The van der Waals surface area contributed by atoms with Crippen molar-refractivity contribution in [2.45, 2.75) is 83.3 Å². The number of aliphatic hydroxyl groups is 3. The lowest BCUT2D eigenvalue weighted by atomic mass is 9.46. The minimum absolute atomic E-state index is 0.102. The Bertz CT molecular complexity index is 1070. The van der Waals surface area contributed by atoms with Gasteiger partial charge in [-0.25, -0.2) is 4.79 Å². The summed E-state index contributed by atoms with van der Waals surface area (Å²) < 4.78 is 28.6. The standard InChI is InChI=1S/C28H38O10/c1-14-19(12-29)37-26(23(31)22(14)30)36-18(15-8-9-35-13-15)11-27(2)17(24(32)34-4)10-21-28(3)16(25(33)38-21)6-5-7-20(27)28/h6,8-9,13-14,17-23,26,29-31H,5,7,10-12H2,1-4H3. The molecule has 2 saturated heterocycles. The lowest BCUT2D eigenvalue weighted by Crippen LogP contribution is -2.58. The average molecular weight is 535 g/mol. The largest absolute Gasteiger partial charge is 0.472 e. The fourth-order valence-corrected chi connectivity index (χ4v) is 7.60. The van der Waals surface area contributed by atoms with E-state index in [0.717, 1.165) is 6.42 Å². The number of rotatable bonds is 7. The first kappa shape index (κ1) is 27.3. The molecule has 0 spiro atoms. The molecule has 2 aliphatic carbocycles. The van der Waals surface area contributed by atoms with Crippen LogP contribution in [0.2, 0.25) is 0 Å². The van der Waals surface area contributed by atoms with Crippen LogP contribution in [0.4, 0.5) is 0 Å². The van der Waals surface area contributed by atoms with Crippen molar-refractivity contribution < 1.29 is 48.3 Å². The van der Waals surface area contributed by atoms with Crippen molar-refractivity contribution in [3.8, 4) is 0 Å². The summed E-state index contributed by atoms with van der Waals surface area (Å²) >= 11 is 0. The minimum Gasteiger partial charge on any atom is -0.472 e. The van der Waals surface area contributed by atoms with Crippen LogP contribution in [-0.4, -0.2) is 71.7 Å². The molecule has 0 bridgehead atoms. The number of carbonyl (C=O) groups excluding carboxylic acids is 2. The van der Waals surface area contributed by atoms with Crippen molar-refractivity contribution in [2.24, 2.45) is 28.6 Å². The summed E-state index contributed by atoms with van der Waals surface area (Å²) in [5.41, 5.74) is 0.0829. The minimum atomic E-state index is -1.34. The maximum absolute atomic E-state index is 13.2. The molecule has 1 aromatic rings. The van der Waals surface area contributed by atoms with Gasteiger partial charge in [-0.15, -0.1) is 0 Å². The van der Waals surface area contributed by atoms with Crippen LogP contribution in [0.5, 0.6) is 0 Å². The fraction of sp³-hybridized carbons (Fsp3) is 0.714. The summed E-state index contributed by atoms with van der Waals surface area (Å²) in [5, 5.41) is 31.2. The Labute approximate surface area is 221 Å². The number of methoxy groups -OCH3 is 1. The molecule has 11 unspecified atom stereocenters. The van der Waals surface area contributed by atoms with Gasteiger partial charge in [0.2, 0.25) is 0 Å². The number of carbonyl (C=O) groups is 2. The van der Waals surface area contributed by atoms with E-state index in [1.807, 2.05) is 13.0 Å². The van der Waals surface area contributed by atoms with Gasteiger partial charge in [-0.2, -0.15) is 0 Å². The molecule has 3 fully saturated rings. The first-order chi connectivity index (χ1) is 18.1. The van der Waals surface area contributed by atoms with Crippen LogP contribution in [0.25, 0.3) is 0 Å². The van der Waals surface area contributed by atoms with Gasteiger partial charge < -0.3 is 38.7 Å². The molecule has 0 aromatic carbocycles. The molecule has 3 heterocycles. The Balaban J connectivity index is 1.52. The molecular weight excluding hydrogens is 496 g/mol. The molecular formula is C28H38O10. The first-order valence-electron chi connectivity index (χ1n) is 13.4. The van der Waals surface area contributed by atoms with Crippen molar-refractivity contribution >= 4 is 11.9 Å². The third kappa shape index (κ3) is 4.12. The number of hydrogen-bond donors (Lipinski definition) is 3. The van der Waals surface area contributed by atoms with Crippen molar-refractivity contribution in [1.29, 1.82) is 0 Å². The van der Waals surface area contributed by atoms with Gasteiger partial charge in [0.1, 0.15) is 12.2 Å². The number of aliphatic hydroxyl groups excluding tert-OH is 3. The van der Waals surface area contributed by atoms with Crippen molar-refractivity contribution in [3.05, 3.63) is 35.8 Å². The fourth-order valence-electron chi connectivity index (χ4n) is 7.60. The molecule has 3 N–H and O–H groups in total. The van der Waals surface area contributed by atoms with E-state index in [1.165, 1.54) is 13.4 Å². The summed E-state index contributed by atoms with van der Waals surface area (Å²) in [6, 6.07) is 1.75. The highest BCUT2D eigenvalue weighted by Gasteiger charge is 2.67. The molecule has 210 valence electrons. The zero-order chi connectivity index (χ0) is 27.4. The van der Waals surface area contributed by atoms with E-state index in [-0.39, 0.29) is 24.5 Å². The Hall–Kier alpha value is -2.24. The molecule has 10 heteroatoms. The van der Waals surface area contributed by atoms with Crippen LogP contribution in [0.3, 0.4) is 0 Å². The van der Waals surface area contributed by atoms with Gasteiger partial charge in [-0.1, -0.05) is 26.8 Å². The number of furan rings is 1. The Morgan fingerprint density at radius 2 is 2.03 bits per heavy atom.